The molecule has 4 rings (SSSR count). The zero-order valence-electron chi connectivity index (χ0n) is 16.9. The lowest BCUT2D eigenvalue weighted by Crippen LogP contribution is -2.51. The lowest BCUT2D eigenvalue weighted by Gasteiger charge is -2.35. The van der Waals surface area contributed by atoms with Gasteiger partial charge in [-0.05, 0) is 31.4 Å². The van der Waals surface area contributed by atoms with Crippen LogP contribution in [0.4, 0.5) is 0 Å². The van der Waals surface area contributed by atoms with Crippen LogP contribution in [0, 0.1) is 12.8 Å². The highest BCUT2D eigenvalue weighted by Crippen LogP contribution is 2.43. The molecule has 2 aromatic rings. The van der Waals surface area contributed by atoms with Crippen LogP contribution in [0.1, 0.15) is 54.2 Å². The number of aryl methyl sites for hydroxylation is 1. The van der Waals surface area contributed by atoms with E-state index in [0.29, 0.717) is 32.1 Å². The second-order valence-electron chi connectivity index (χ2n) is 8.19. The van der Waals surface area contributed by atoms with Crippen molar-refractivity contribution in [3.63, 3.8) is 0 Å². The average molecular weight is 380 g/mol. The third kappa shape index (κ3) is 3.43. The summed E-state index contributed by atoms with van der Waals surface area (Å²) in [5.41, 5.74) is 3.94. The molecule has 148 valence electrons. The fourth-order valence-electron chi connectivity index (χ4n) is 3.93. The van der Waals surface area contributed by atoms with Crippen molar-refractivity contribution in [3.8, 4) is 5.69 Å². The number of amides is 2. The van der Waals surface area contributed by atoms with Crippen molar-refractivity contribution in [2.75, 3.05) is 26.2 Å². The average Bonchev–Trinajstić information content (AvgIpc) is 3.45. The SMILES string of the molecule is Cc1ccccc1-n1ncc(C(=O)N2CCN(C(=O)C(C)C)CC2)c1C1CC1. The summed E-state index contributed by atoms with van der Waals surface area (Å²) in [6.07, 6.45) is 3.94. The Morgan fingerprint density at radius 2 is 1.68 bits per heavy atom. The number of aromatic nitrogens is 2. The van der Waals surface area contributed by atoms with Crippen LogP contribution in [0.5, 0.6) is 0 Å². The van der Waals surface area contributed by atoms with Crippen molar-refractivity contribution in [2.45, 2.75) is 39.5 Å². The molecule has 1 saturated heterocycles. The van der Waals surface area contributed by atoms with Gasteiger partial charge >= 0.3 is 0 Å². The van der Waals surface area contributed by atoms with Gasteiger partial charge in [-0.1, -0.05) is 32.0 Å². The van der Waals surface area contributed by atoms with Crippen LogP contribution in [0.15, 0.2) is 30.5 Å². The van der Waals surface area contributed by atoms with E-state index < -0.39 is 0 Å². The van der Waals surface area contributed by atoms with Gasteiger partial charge in [-0.2, -0.15) is 5.10 Å². The van der Waals surface area contributed by atoms with Gasteiger partial charge < -0.3 is 9.80 Å². The van der Waals surface area contributed by atoms with E-state index in [1.165, 1.54) is 0 Å². The van der Waals surface area contributed by atoms with Crippen molar-refractivity contribution in [1.82, 2.24) is 19.6 Å². The molecule has 0 atom stereocenters. The van der Waals surface area contributed by atoms with Crippen molar-refractivity contribution < 1.29 is 9.59 Å². The number of benzene rings is 1. The monoisotopic (exact) mass is 380 g/mol. The third-order valence-corrected chi connectivity index (χ3v) is 5.72. The topological polar surface area (TPSA) is 58.4 Å². The minimum absolute atomic E-state index is 0.00364. The highest BCUT2D eigenvalue weighted by Gasteiger charge is 2.35. The summed E-state index contributed by atoms with van der Waals surface area (Å²) < 4.78 is 1.96. The Balaban J connectivity index is 1.56. The van der Waals surface area contributed by atoms with Crippen LogP contribution in [-0.2, 0) is 4.79 Å². The van der Waals surface area contributed by atoms with E-state index in [4.69, 9.17) is 0 Å². The van der Waals surface area contributed by atoms with Crippen molar-refractivity contribution >= 4 is 11.8 Å². The number of para-hydroxylation sites is 1. The van der Waals surface area contributed by atoms with Crippen molar-refractivity contribution in [1.29, 1.82) is 0 Å². The summed E-state index contributed by atoms with van der Waals surface area (Å²) in [7, 11) is 0. The molecule has 1 aromatic carbocycles. The van der Waals surface area contributed by atoms with Crippen LogP contribution in [0.25, 0.3) is 5.69 Å². The van der Waals surface area contributed by atoms with Crippen LogP contribution in [0.2, 0.25) is 0 Å². The summed E-state index contributed by atoms with van der Waals surface area (Å²) in [6.45, 7) is 8.28. The van der Waals surface area contributed by atoms with Crippen LogP contribution >= 0.6 is 0 Å². The number of carbonyl (C=O) groups is 2. The highest BCUT2D eigenvalue weighted by molar-refractivity contribution is 5.96. The second kappa shape index (κ2) is 7.41. The lowest BCUT2D eigenvalue weighted by molar-refractivity contribution is -0.135. The summed E-state index contributed by atoms with van der Waals surface area (Å²) in [5.74, 6) is 0.609. The Morgan fingerprint density at radius 3 is 2.29 bits per heavy atom. The molecule has 6 heteroatoms. The number of carbonyl (C=O) groups excluding carboxylic acids is 2. The maximum Gasteiger partial charge on any atom is 0.257 e. The molecular formula is C22H28N4O2. The molecule has 0 bridgehead atoms. The Kier molecular flexibility index (Phi) is 4.96. The predicted octanol–water partition coefficient (Wildman–Crippen LogP) is 3.00. The maximum absolute atomic E-state index is 13.3. The molecule has 2 amide bonds. The van der Waals surface area contributed by atoms with Gasteiger partial charge in [0.15, 0.2) is 0 Å². The molecule has 1 saturated carbocycles. The molecule has 1 aromatic heterocycles. The Labute approximate surface area is 166 Å². The van der Waals surface area contributed by atoms with Gasteiger partial charge in [0, 0.05) is 38.0 Å². The molecule has 28 heavy (non-hydrogen) atoms. The van der Waals surface area contributed by atoms with E-state index in [9.17, 15) is 9.59 Å². The maximum atomic E-state index is 13.3. The molecule has 1 aliphatic carbocycles. The zero-order valence-corrected chi connectivity index (χ0v) is 16.9. The summed E-state index contributed by atoms with van der Waals surface area (Å²) in [5, 5.41) is 4.60. The molecule has 2 aliphatic rings. The minimum atomic E-state index is -0.00364. The number of nitrogens with zero attached hydrogens (tertiary/aromatic N) is 4. The first kappa shape index (κ1) is 18.7. The normalized spacial score (nSPS) is 17.3. The summed E-state index contributed by atoms with van der Waals surface area (Å²) >= 11 is 0. The highest BCUT2D eigenvalue weighted by atomic mass is 16.2. The van der Waals surface area contributed by atoms with E-state index in [0.717, 1.165) is 35.3 Å². The fraction of sp³-hybridized carbons (Fsp3) is 0.500. The van der Waals surface area contributed by atoms with E-state index in [1.54, 1.807) is 6.20 Å². The molecule has 0 radical (unpaired) electrons. The molecule has 2 fully saturated rings. The number of piperazine rings is 1. The van der Waals surface area contributed by atoms with E-state index in [-0.39, 0.29) is 17.7 Å². The molecular weight excluding hydrogens is 352 g/mol. The van der Waals surface area contributed by atoms with Crippen LogP contribution < -0.4 is 0 Å². The molecule has 6 nitrogen and oxygen atoms in total. The number of hydrogen-bond donors (Lipinski definition) is 0. The summed E-state index contributed by atoms with van der Waals surface area (Å²) in [4.78, 5) is 29.2. The molecule has 2 heterocycles. The Morgan fingerprint density at radius 1 is 1.04 bits per heavy atom. The third-order valence-electron chi connectivity index (χ3n) is 5.72. The van der Waals surface area contributed by atoms with E-state index in [2.05, 4.69) is 24.2 Å². The quantitative estimate of drug-likeness (QED) is 0.819. The Bertz CT molecular complexity index is 890. The van der Waals surface area contributed by atoms with Gasteiger partial charge in [-0.25, -0.2) is 4.68 Å². The van der Waals surface area contributed by atoms with Gasteiger partial charge in [0.25, 0.3) is 5.91 Å². The summed E-state index contributed by atoms with van der Waals surface area (Å²) in [6, 6.07) is 8.15. The largest absolute Gasteiger partial charge is 0.339 e. The molecule has 0 spiro atoms. The molecule has 1 aliphatic heterocycles. The first-order chi connectivity index (χ1) is 13.5. The minimum Gasteiger partial charge on any atom is -0.339 e. The van der Waals surface area contributed by atoms with E-state index in [1.807, 2.05) is 40.5 Å². The van der Waals surface area contributed by atoms with Gasteiger partial charge in [0.05, 0.1) is 23.1 Å². The van der Waals surface area contributed by atoms with Gasteiger partial charge in [-0.3, -0.25) is 9.59 Å². The number of hydrogen-bond acceptors (Lipinski definition) is 3. The smallest absolute Gasteiger partial charge is 0.257 e. The lowest BCUT2D eigenvalue weighted by atomic mass is 10.1. The first-order valence-corrected chi connectivity index (χ1v) is 10.2. The standard InChI is InChI=1S/C22H28N4O2/c1-15(2)21(27)24-10-12-25(13-11-24)22(28)18-14-23-26(20(18)17-8-9-17)19-7-5-4-6-16(19)3/h4-7,14-15,17H,8-13H2,1-3H3. The van der Waals surface area contributed by atoms with Gasteiger partial charge in [-0.15, -0.1) is 0 Å². The van der Waals surface area contributed by atoms with Gasteiger partial charge in [0.2, 0.25) is 5.91 Å². The van der Waals surface area contributed by atoms with E-state index >= 15 is 0 Å². The van der Waals surface area contributed by atoms with Crippen LogP contribution in [-0.4, -0.2) is 57.6 Å². The van der Waals surface area contributed by atoms with Crippen molar-refractivity contribution in [2.24, 2.45) is 5.92 Å². The Hall–Kier alpha value is -2.63. The number of rotatable bonds is 4. The van der Waals surface area contributed by atoms with Crippen LogP contribution in [0.3, 0.4) is 0 Å². The fourth-order valence-corrected chi connectivity index (χ4v) is 3.93. The first-order valence-electron chi connectivity index (χ1n) is 10.2. The molecule has 0 unspecified atom stereocenters. The molecule has 0 N–H and O–H groups in total. The zero-order chi connectivity index (χ0) is 19.8. The van der Waals surface area contributed by atoms with Crippen molar-refractivity contribution in [3.05, 3.63) is 47.3 Å². The second-order valence-corrected chi connectivity index (χ2v) is 8.19. The van der Waals surface area contributed by atoms with Gasteiger partial charge in [0.1, 0.15) is 0 Å². The predicted molar refractivity (Wildman–Crippen MR) is 108 cm³/mol.